The van der Waals surface area contributed by atoms with Gasteiger partial charge in [-0.15, -0.1) is 0 Å². The molecule has 86 valence electrons. The average molecular weight is 219 g/mol. The predicted octanol–water partition coefficient (Wildman–Crippen LogP) is 0.888. The van der Waals surface area contributed by atoms with Gasteiger partial charge in [-0.3, -0.25) is 9.69 Å². The van der Waals surface area contributed by atoms with E-state index in [0.717, 1.165) is 29.7 Å². The number of hydrogen-bond acceptors (Lipinski definition) is 3. The number of fused-ring (bicyclic) bond motifs is 12. The van der Waals surface area contributed by atoms with Gasteiger partial charge in [0.2, 0.25) is 0 Å². The van der Waals surface area contributed by atoms with Crippen molar-refractivity contribution in [1.82, 2.24) is 4.90 Å². The smallest absolute Gasteiger partial charge is 0.323 e. The maximum Gasteiger partial charge on any atom is 0.323 e. The van der Waals surface area contributed by atoms with Gasteiger partial charge in [0.25, 0.3) is 0 Å². The molecule has 3 heterocycles. The van der Waals surface area contributed by atoms with Gasteiger partial charge in [0, 0.05) is 18.5 Å². The molecule has 2 aliphatic carbocycles. The van der Waals surface area contributed by atoms with Crippen LogP contribution >= 0.6 is 0 Å². The summed E-state index contributed by atoms with van der Waals surface area (Å²) in [6.45, 7) is 1.91. The maximum atomic E-state index is 11.8. The summed E-state index contributed by atoms with van der Waals surface area (Å²) in [6, 6.07) is 0.918. The fourth-order valence-corrected chi connectivity index (χ4v) is 5.88. The Morgan fingerprint density at radius 1 is 1.19 bits per heavy atom. The van der Waals surface area contributed by atoms with Crippen LogP contribution < -0.4 is 0 Å². The minimum atomic E-state index is 0.0775. The molecule has 8 unspecified atom stereocenters. The van der Waals surface area contributed by atoms with E-state index in [9.17, 15) is 4.79 Å². The van der Waals surface area contributed by atoms with Gasteiger partial charge >= 0.3 is 5.97 Å². The van der Waals surface area contributed by atoms with E-state index in [0.29, 0.717) is 12.5 Å². The standard InChI is InChI=1S/C13H17NO2/c15-13-12-9(5-16-13)8-4-14(12)11-7-2-1-6(3-7)10(8)11/h6-12H,1-5H2. The van der Waals surface area contributed by atoms with Gasteiger partial charge in [-0.2, -0.15) is 0 Å². The van der Waals surface area contributed by atoms with E-state index in [1.54, 1.807) is 0 Å². The fraction of sp³-hybridized carbons (Fsp3) is 0.923. The first-order valence-corrected chi connectivity index (χ1v) is 6.77. The van der Waals surface area contributed by atoms with Gasteiger partial charge in [0.1, 0.15) is 6.04 Å². The Balaban J connectivity index is 1.60. The molecule has 5 aliphatic rings. The zero-order chi connectivity index (χ0) is 10.4. The molecule has 5 fully saturated rings. The molecule has 0 aromatic carbocycles. The van der Waals surface area contributed by atoms with Crippen LogP contribution in [0.1, 0.15) is 19.3 Å². The summed E-state index contributed by atoms with van der Waals surface area (Å²) in [6.07, 6.45) is 4.33. The van der Waals surface area contributed by atoms with Crippen molar-refractivity contribution >= 4 is 5.97 Å². The number of esters is 1. The Morgan fingerprint density at radius 2 is 2.06 bits per heavy atom. The summed E-state index contributed by atoms with van der Waals surface area (Å²) >= 11 is 0. The Morgan fingerprint density at radius 3 is 3.00 bits per heavy atom. The van der Waals surface area contributed by atoms with Crippen molar-refractivity contribution in [2.75, 3.05) is 13.2 Å². The second-order valence-electron chi connectivity index (χ2n) is 6.50. The molecule has 4 bridgehead atoms. The number of carbonyl (C=O) groups excluding carboxylic acids is 1. The van der Waals surface area contributed by atoms with E-state index in [4.69, 9.17) is 4.74 Å². The van der Waals surface area contributed by atoms with Crippen molar-refractivity contribution in [3.05, 3.63) is 0 Å². The van der Waals surface area contributed by atoms with Crippen LogP contribution in [-0.4, -0.2) is 36.1 Å². The lowest BCUT2D eigenvalue weighted by molar-refractivity contribution is -0.142. The number of cyclic esters (lactones) is 1. The summed E-state index contributed by atoms with van der Waals surface area (Å²) in [5, 5.41) is 0. The number of rotatable bonds is 0. The van der Waals surface area contributed by atoms with E-state index >= 15 is 0 Å². The molecule has 3 nitrogen and oxygen atoms in total. The maximum absolute atomic E-state index is 11.8. The highest BCUT2D eigenvalue weighted by molar-refractivity contribution is 5.79. The molecule has 0 N–H and O–H groups in total. The minimum Gasteiger partial charge on any atom is -0.464 e. The van der Waals surface area contributed by atoms with Gasteiger partial charge < -0.3 is 4.74 Å². The lowest BCUT2D eigenvalue weighted by atomic mass is 9.71. The third-order valence-corrected chi connectivity index (χ3v) is 6.21. The summed E-state index contributed by atoms with van der Waals surface area (Å²) < 4.78 is 5.28. The Kier molecular flexibility index (Phi) is 1.32. The zero-order valence-corrected chi connectivity index (χ0v) is 9.34. The number of hydrogen-bond donors (Lipinski definition) is 0. The number of carbonyl (C=O) groups is 1. The average Bonchev–Trinajstić information content (AvgIpc) is 2.99. The van der Waals surface area contributed by atoms with Crippen LogP contribution in [0.3, 0.4) is 0 Å². The van der Waals surface area contributed by atoms with Gasteiger partial charge in [-0.1, -0.05) is 0 Å². The molecule has 0 aromatic heterocycles. The summed E-state index contributed by atoms with van der Waals surface area (Å²) in [4.78, 5) is 14.3. The SMILES string of the molecule is O=C1OCC2C3CN(C12)C1C2CCC(C2)C31. The van der Waals surface area contributed by atoms with E-state index in [1.807, 2.05) is 0 Å². The molecule has 3 saturated heterocycles. The number of piperidine rings is 1. The van der Waals surface area contributed by atoms with Crippen molar-refractivity contribution in [2.45, 2.75) is 31.3 Å². The quantitative estimate of drug-likeness (QED) is 0.567. The lowest BCUT2D eigenvalue weighted by Crippen LogP contribution is -2.50. The molecule has 8 atom stereocenters. The van der Waals surface area contributed by atoms with E-state index in [1.165, 1.54) is 25.8 Å². The van der Waals surface area contributed by atoms with E-state index in [2.05, 4.69) is 4.90 Å². The predicted molar refractivity (Wildman–Crippen MR) is 56.5 cm³/mol. The molecular formula is C13H17NO2. The van der Waals surface area contributed by atoms with Crippen molar-refractivity contribution in [3.8, 4) is 0 Å². The van der Waals surface area contributed by atoms with Gasteiger partial charge in [-0.05, 0) is 42.9 Å². The van der Waals surface area contributed by atoms with Gasteiger partial charge in [0.15, 0.2) is 0 Å². The van der Waals surface area contributed by atoms with Gasteiger partial charge in [0.05, 0.1) is 6.61 Å². The molecule has 3 aliphatic heterocycles. The monoisotopic (exact) mass is 219 g/mol. The topological polar surface area (TPSA) is 29.5 Å². The fourth-order valence-electron chi connectivity index (χ4n) is 5.88. The second-order valence-corrected chi connectivity index (χ2v) is 6.50. The summed E-state index contributed by atoms with van der Waals surface area (Å²) in [7, 11) is 0. The Hall–Kier alpha value is -0.570. The second kappa shape index (κ2) is 2.47. The van der Waals surface area contributed by atoms with Crippen LogP contribution in [0.2, 0.25) is 0 Å². The molecule has 2 saturated carbocycles. The summed E-state index contributed by atoms with van der Waals surface area (Å²) in [5.74, 6) is 4.24. The highest BCUT2D eigenvalue weighted by Crippen LogP contribution is 2.62. The third kappa shape index (κ3) is 0.727. The van der Waals surface area contributed by atoms with Crippen LogP contribution in [-0.2, 0) is 9.53 Å². The molecule has 5 rings (SSSR count). The molecule has 0 spiro atoms. The zero-order valence-electron chi connectivity index (χ0n) is 9.34. The first-order valence-electron chi connectivity index (χ1n) is 6.77. The molecular weight excluding hydrogens is 202 g/mol. The normalized spacial score (nSPS) is 64.9. The lowest BCUT2D eigenvalue weighted by Gasteiger charge is -2.39. The molecule has 0 radical (unpaired) electrons. The van der Waals surface area contributed by atoms with Crippen LogP contribution in [0, 0.1) is 29.6 Å². The minimum absolute atomic E-state index is 0.0775. The molecule has 0 aromatic rings. The van der Waals surface area contributed by atoms with Crippen molar-refractivity contribution in [2.24, 2.45) is 29.6 Å². The molecule has 0 amide bonds. The molecule has 16 heavy (non-hydrogen) atoms. The molecule has 3 heteroatoms. The van der Waals surface area contributed by atoms with Crippen molar-refractivity contribution < 1.29 is 9.53 Å². The van der Waals surface area contributed by atoms with Gasteiger partial charge in [-0.25, -0.2) is 0 Å². The number of ether oxygens (including phenoxy) is 1. The summed E-state index contributed by atoms with van der Waals surface area (Å²) in [5.41, 5.74) is 0. The Bertz CT molecular complexity index is 382. The highest BCUT2D eigenvalue weighted by atomic mass is 16.5. The van der Waals surface area contributed by atoms with Crippen LogP contribution in [0.4, 0.5) is 0 Å². The number of nitrogens with zero attached hydrogens (tertiary/aromatic N) is 1. The largest absolute Gasteiger partial charge is 0.464 e. The first-order chi connectivity index (χ1) is 7.84. The van der Waals surface area contributed by atoms with E-state index in [-0.39, 0.29) is 12.0 Å². The van der Waals surface area contributed by atoms with Crippen LogP contribution in [0.15, 0.2) is 0 Å². The first kappa shape index (κ1) is 8.51. The highest BCUT2D eigenvalue weighted by Gasteiger charge is 2.67. The van der Waals surface area contributed by atoms with Crippen molar-refractivity contribution in [3.63, 3.8) is 0 Å². The third-order valence-electron chi connectivity index (χ3n) is 6.21. The van der Waals surface area contributed by atoms with Crippen LogP contribution in [0.25, 0.3) is 0 Å². The Labute approximate surface area is 95.1 Å². The van der Waals surface area contributed by atoms with Crippen molar-refractivity contribution in [1.29, 1.82) is 0 Å². The van der Waals surface area contributed by atoms with Crippen LogP contribution in [0.5, 0.6) is 0 Å². The van der Waals surface area contributed by atoms with E-state index < -0.39 is 0 Å².